The Balaban J connectivity index is 2.02. The van der Waals surface area contributed by atoms with Gasteiger partial charge in [0.25, 0.3) is 0 Å². The SMILES string of the molecule is Cc1cccc(NCC(O)c2ccccc2)c1C. The molecule has 0 aliphatic heterocycles. The van der Waals surface area contributed by atoms with Gasteiger partial charge in [0, 0.05) is 12.2 Å². The summed E-state index contributed by atoms with van der Waals surface area (Å²) in [6, 6.07) is 15.9. The fourth-order valence-corrected chi connectivity index (χ4v) is 1.94. The van der Waals surface area contributed by atoms with Crippen molar-refractivity contribution >= 4 is 5.69 Å². The van der Waals surface area contributed by atoms with Gasteiger partial charge in [0.2, 0.25) is 0 Å². The Kier molecular flexibility index (Phi) is 4.00. The molecule has 0 aliphatic rings. The largest absolute Gasteiger partial charge is 0.387 e. The maximum absolute atomic E-state index is 10.1. The van der Waals surface area contributed by atoms with Crippen LogP contribution in [0.4, 0.5) is 5.69 Å². The quantitative estimate of drug-likeness (QED) is 0.859. The first-order valence-corrected chi connectivity index (χ1v) is 6.21. The molecule has 94 valence electrons. The van der Waals surface area contributed by atoms with Crippen LogP contribution in [0.15, 0.2) is 48.5 Å². The zero-order chi connectivity index (χ0) is 13.0. The van der Waals surface area contributed by atoms with E-state index >= 15 is 0 Å². The van der Waals surface area contributed by atoms with E-state index < -0.39 is 6.10 Å². The van der Waals surface area contributed by atoms with Crippen LogP contribution in [0.2, 0.25) is 0 Å². The van der Waals surface area contributed by atoms with Crippen molar-refractivity contribution in [3.05, 3.63) is 65.2 Å². The molecule has 2 heteroatoms. The average Bonchev–Trinajstić information content (AvgIpc) is 2.41. The molecule has 2 aromatic carbocycles. The molecule has 0 saturated carbocycles. The van der Waals surface area contributed by atoms with Gasteiger partial charge in [-0.15, -0.1) is 0 Å². The molecule has 1 unspecified atom stereocenters. The molecular weight excluding hydrogens is 222 g/mol. The maximum Gasteiger partial charge on any atom is 0.0962 e. The third kappa shape index (κ3) is 2.90. The Labute approximate surface area is 108 Å². The van der Waals surface area contributed by atoms with Gasteiger partial charge in [-0.05, 0) is 36.6 Å². The molecule has 18 heavy (non-hydrogen) atoms. The molecule has 2 nitrogen and oxygen atoms in total. The molecule has 0 spiro atoms. The summed E-state index contributed by atoms with van der Waals surface area (Å²) in [5, 5.41) is 13.4. The van der Waals surface area contributed by atoms with Gasteiger partial charge >= 0.3 is 0 Å². The first-order chi connectivity index (χ1) is 8.68. The van der Waals surface area contributed by atoms with Crippen LogP contribution in [0.3, 0.4) is 0 Å². The number of hydrogen-bond acceptors (Lipinski definition) is 2. The molecule has 0 aromatic heterocycles. The highest BCUT2D eigenvalue weighted by atomic mass is 16.3. The first kappa shape index (κ1) is 12.7. The molecule has 0 bridgehead atoms. The lowest BCUT2D eigenvalue weighted by molar-refractivity contribution is 0.191. The van der Waals surface area contributed by atoms with Gasteiger partial charge in [-0.1, -0.05) is 42.5 Å². The normalized spacial score (nSPS) is 12.2. The van der Waals surface area contributed by atoms with E-state index in [0.717, 1.165) is 11.3 Å². The number of aryl methyl sites for hydroxylation is 1. The molecule has 2 rings (SSSR count). The second-order valence-electron chi connectivity index (χ2n) is 4.55. The van der Waals surface area contributed by atoms with E-state index in [-0.39, 0.29) is 0 Å². The lowest BCUT2D eigenvalue weighted by Gasteiger charge is -2.15. The van der Waals surface area contributed by atoms with Crippen LogP contribution in [0.1, 0.15) is 22.8 Å². The van der Waals surface area contributed by atoms with E-state index in [0.29, 0.717) is 6.54 Å². The summed E-state index contributed by atoms with van der Waals surface area (Å²) in [6.45, 7) is 4.70. The summed E-state index contributed by atoms with van der Waals surface area (Å²) in [6.07, 6.45) is -0.480. The van der Waals surface area contributed by atoms with Gasteiger partial charge in [-0.25, -0.2) is 0 Å². The Morgan fingerprint density at radius 3 is 2.44 bits per heavy atom. The van der Waals surface area contributed by atoms with Crippen molar-refractivity contribution in [1.29, 1.82) is 0 Å². The minimum Gasteiger partial charge on any atom is -0.387 e. The van der Waals surface area contributed by atoms with Gasteiger partial charge in [0.1, 0.15) is 0 Å². The van der Waals surface area contributed by atoms with Crippen molar-refractivity contribution in [2.75, 3.05) is 11.9 Å². The van der Waals surface area contributed by atoms with E-state index in [1.807, 2.05) is 42.5 Å². The van der Waals surface area contributed by atoms with Gasteiger partial charge in [0.15, 0.2) is 0 Å². The lowest BCUT2D eigenvalue weighted by atomic mass is 10.1. The molecule has 2 aromatic rings. The summed E-state index contributed by atoms with van der Waals surface area (Å²) in [7, 11) is 0. The Hall–Kier alpha value is -1.80. The van der Waals surface area contributed by atoms with E-state index in [9.17, 15) is 5.11 Å². The Morgan fingerprint density at radius 2 is 1.72 bits per heavy atom. The second kappa shape index (κ2) is 5.69. The molecular formula is C16H19NO. The average molecular weight is 241 g/mol. The summed E-state index contributed by atoms with van der Waals surface area (Å²) in [5.74, 6) is 0. The fourth-order valence-electron chi connectivity index (χ4n) is 1.94. The molecule has 1 atom stereocenters. The summed E-state index contributed by atoms with van der Waals surface area (Å²) >= 11 is 0. The molecule has 0 fully saturated rings. The van der Waals surface area contributed by atoms with Crippen LogP contribution in [-0.2, 0) is 0 Å². The van der Waals surface area contributed by atoms with Gasteiger partial charge in [0.05, 0.1) is 6.10 Å². The monoisotopic (exact) mass is 241 g/mol. The molecule has 0 aliphatic carbocycles. The van der Waals surface area contributed by atoms with Crippen LogP contribution in [0.5, 0.6) is 0 Å². The van der Waals surface area contributed by atoms with Gasteiger partial charge < -0.3 is 10.4 Å². The number of benzene rings is 2. The van der Waals surface area contributed by atoms with Crippen molar-refractivity contribution in [2.24, 2.45) is 0 Å². The predicted octanol–water partition coefficient (Wildman–Crippen LogP) is 3.45. The zero-order valence-electron chi connectivity index (χ0n) is 10.9. The number of anilines is 1. The van der Waals surface area contributed by atoms with Crippen molar-refractivity contribution in [3.63, 3.8) is 0 Å². The van der Waals surface area contributed by atoms with Crippen molar-refractivity contribution < 1.29 is 5.11 Å². The third-order valence-electron chi connectivity index (χ3n) is 3.27. The highest BCUT2D eigenvalue weighted by Crippen LogP contribution is 2.19. The molecule has 2 N–H and O–H groups in total. The fraction of sp³-hybridized carbons (Fsp3) is 0.250. The van der Waals surface area contributed by atoms with Gasteiger partial charge in [-0.2, -0.15) is 0 Å². The standard InChI is InChI=1S/C16H19NO/c1-12-7-6-10-15(13(12)2)17-11-16(18)14-8-4-3-5-9-14/h3-10,16-18H,11H2,1-2H3. The number of aliphatic hydroxyl groups is 1. The summed E-state index contributed by atoms with van der Waals surface area (Å²) in [4.78, 5) is 0. The van der Waals surface area contributed by atoms with Crippen molar-refractivity contribution in [1.82, 2.24) is 0 Å². The minimum absolute atomic E-state index is 0.480. The number of nitrogens with one attached hydrogen (secondary N) is 1. The van der Waals surface area contributed by atoms with Crippen molar-refractivity contribution in [3.8, 4) is 0 Å². The van der Waals surface area contributed by atoms with E-state index in [1.165, 1.54) is 11.1 Å². The van der Waals surface area contributed by atoms with Crippen LogP contribution in [0, 0.1) is 13.8 Å². The molecule has 0 amide bonds. The summed E-state index contributed by atoms with van der Waals surface area (Å²) in [5.41, 5.74) is 4.52. The second-order valence-corrected chi connectivity index (χ2v) is 4.55. The van der Waals surface area contributed by atoms with Gasteiger partial charge in [-0.3, -0.25) is 0 Å². The lowest BCUT2D eigenvalue weighted by Crippen LogP contribution is -2.12. The molecule has 0 radical (unpaired) electrons. The maximum atomic E-state index is 10.1. The van der Waals surface area contributed by atoms with Crippen molar-refractivity contribution in [2.45, 2.75) is 20.0 Å². The Bertz CT molecular complexity index is 508. The first-order valence-electron chi connectivity index (χ1n) is 6.21. The predicted molar refractivity (Wildman–Crippen MR) is 75.8 cm³/mol. The molecule has 0 heterocycles. The van der Waals surface area contributed by atoms with Crippen LogP contribution >= 0.6 is 0 Å². The number of aliphatic hydroxyl groups excluding tert-OH is 1. The van der Waals surface area contributed by atoms with E-state index in [2.05, 4.69) is 25.2 Å². The number of hydrogen-bond donors (Lipinski definition) is 2. The van der Waals surface area contributed by atoms with Crippen LogP contribution in [-0.4, -0.2) is 11.7 Å². The van der Waals surface area contributed by atoms with Crippen LogP contribution < -0.4 is 5.32 Å². The van der Waals surface area contributed by atoms with E-state index in [4.69, 9.17) is 0 Å². The Morgan fingerprint density at radius 1 is 1.00 bits per heavy atom. The summed E-state index contributed by atoms with van der Waals surface area (Å²) < 4.78 is 0. The number of rotatable bonds is 4. The van der Waals surface area contributed by atoms with Crippen LogP contribution in [0.25, 0.3) is 0 Å². The third-order valence-corrected chi connectivity index (χ3v) is 3.27. The zero-order valence-corrected chi connectivity index (χ0v) is 10.9. The minimum atomic E-state index is -0.480. The molecule has 0 saturated heterocycles. The highest BCUT2D eigenvalue weighted by Gasteiger charge is 2.07. The topological polar surface area (TPSA) is 32.3 Å². The van der Waals surface area contributed by atoms with E-state index in [1.54, 1.807) is 0 Å². The smallest absolute Gasteiger partial charge is 0.0962 e. The highest BCUT2D eigenvalue weighted by molar-refractivity contribution is 5.53.